The van der Waals surface area contributed by atoms with E-state index in [1.807, 2.05) is 36.1 Å². The van der Waals surface area contributed by atoms with Crippen molar-refractivity contribution in [1.29, 1.82) is 0 Å². The maximum atomic E-state index is 12.8. The summed E-state index contributed by atoms with van der Waals surface area (Å²) in [5, 5.41) is 1.11. The molecule has 0 saturated carbocycles. The Balaban J connectivity index is 1.40. The number of H-pyrrole nitrogens is 1. The van der Waals surface area contributed by atoms with Crippen molar-refractivity contribution in [3.8, 4) is 0 Å². The summed E-state index contributed by atoms with van der Waals surface area (Å²) in [6.07, 6.45) is 3.62. The number of hydrogen-bond donors (Lipinski definition) is 1. The van der Waals surface area contributed by atoms with Crippen LogP contribution in [-0.4, -0.2) is 57.8 Å². The van der Waals surface area contributed by atoms with E-state index in [0.29, 0.717) is 38.2 Å². The lowest BCUT2D eigenvalue weighted by atomic mass is 10.1. The Kier molecular flexibility index (Phi) is 4.62. The largest absolute Gasteiger partial charge is 0.358 e. The number of piperazine rings is 1. The zero-order valence-electron chi connectivity index (χ0n) is 15.3. The van der Waals surface area contributed by atoms with Crippen molar-refractivity contribution in [2.75, 3.05) is 26.2 Å². The molecule has 0 atom stereocenters. The normalized spacial score (nSPS) is 14.6. The lowest BCUT2D eigenvalue weighted by Gasteiger charge is -2.34. The van der Waals surface area contributed by atoms with Crippen LogP contribution in [0.4, 0.5) is 0 Å². The van der Waals surface area contributed by atoms with Crippen LogP contribution in [0.3, 0.4) is 0 Å². The van der Waals surface area contributed by atoms with Gasteiger partial charge in [0.25, 0.3) is 5.91 Å². The van der Waals surface area contributed by atoms with Gasteiger partial charge >= 0.3 is 0 Å². The average molecular weight is 362 g/mol. The average Bonchev–Trinajstić information content (AvgIpc) is 3.03. The van der Waals surface area contributed by atoms with E-state index in [0.717, 1.165) is 22.2 Å². The number of para-hydroxylation sites is 1. The molecule has 0 aliphatic carbocycles. The minimum atomic E-state index is -0.0253. The number of nitrogens with one attached hydrogen (secondary N) is 1. The van der Waals surface area contributed by atoms with E-state index in [9.17, 15) is 9.59 Å². The Morgan fingerprint density at radius 2 is 1.78 bits per heavy atom. The SMILES string of the molecule is Cc1[nH]c2ccccc2c1CC(=O)N1CCN(C(=O)c2cccnc2)CC1. The molecule has 138 valence electrons. The maximum Gasteiger partial charge on any atom is 0.255 e. The predicted octanol–water partition coefficient (Wildman–Crippen LogP) is 2.40. The smallest absolute Gasteiger partial charge is 0.255 e. The Morgan fingerprint density at radius 1 is 1.04 bits per heavy atom. The summed E-state index contributed by atoms with van der Waals surface area (Å²) in [6, 6.07) is 11.6. The van der Waals surface area contributed by atoms with Crippen molar-refractivity contribution < 1.29 is 9.59 Å². The van der Waals surface area contributed by atoms with Crippen LogP contribution in [-0.2, 0) is 11.2 Å². The van der Waals surface area contributed by atoms with Gasteiger partial charge in [-0.05, 0) is 30.7 Å². The van der Waals surface area contributed by atoms with Crippen LogP contribution in [0.15, 0.2) is 48.8 Å². The molecule has 1 saturated heterocycles. The van der Waals surface area contributed by atoms with Crippen molar-refractivity contribution in [2.45, 2.75) is 13.3 Å². The van der Waals surface area contributed by atoms with Crippen LogP contribution in [0, 0.1) is 6.92 Å². The number of pyridine rings is 1. The predicted molar refractivity (Wildman–Crippen MR) is 103 cm³/mol. The lowest BCUT2D eigenvalue weighted by molar-refractivity contribution is -0.131. The molecule has 6 heteroatoms. The first-order valence-corrected chi connectivity index (χ1v) is 9.17. The number of aromatic nitrogens is 2. The Hall–Kier alpha value is -3.15. The fourth-order valence-corrected chi connectivity index (χ4v) is 3.66. The molecule has 0 radical (unpaired) electrons. The fourth-order valence-electron chi connectivity index (χ4n) is 3.66. The number of nitrogens with zero attached hydrogens (tertiary/aromatic N) is 3. The van der Waals surface area contributed by atoms with Gasteiger partial charge in [0.15, 0.2) is 0 Å². The number of amides is 2. The number of aromatic amines is 1. The van der Waals surface area contributed by atoms with Gasteiger partial charge in [-0.3, -0.25) is 14.6 Å². The van der Waals surface area contributed by atoms with E-state index >= 15 is 0 Å². The molecule has 6 nitrogen and oxygen atoms in total. The third-order valence-electron chi connectivity index (χ3n) is 5.18. The molecule has 2 amide bonds. The quantitative estimate of drug-likeness (QED) is 0.778. The minimum absolute atomic E-state index is 0.0253. The molecule has 1 aliphatic rings. The summed E-state index contributed by atoms with van der Waals surface area (Å²) >= 11 is 0. The first-order valence-electron chi connectivity index (χ1n) is 9.17. The van der Waals surface area contributed by atoms with Crippen LogP contribution in [0.25, 0.3) is 10.9 Å². The van der Waals surface area contributed by atoms with Gasteiger partial charge in [-0.2, -0.15) is 0 Å². The minimum Gasteiger partial charge on any atom is -0.358 e. The van der Waals surface area contributed by atoms with Gasteiger partial charge in [0.05, 0.1) is 12.0 Å². The molecule has 3 heterocycles. The Morgan fingerprint density at radius 3 is 2.52 bits per heavy atom. The van der Waals surface area contributed by atoms with E-state index < -0.39 is 0 Å². The van der Waals surface area contributed by atoms with Crippen molar-refractivity contribution in [3.05, 3.63) is 65.6 Å². The molecular weight excluding hydrogens is 340 g/mol. The maximum absolute atomic E-state index is 12.8. The van der Waals surface area contributed by atoms with Crippen molar-refractivity contribution in [2.24, 2.45) is 0 Å². The first-order chi connectivity index (χ1) is 13.1. The summed E-state index contributed by atoms with van der Waals surface area (Å²) in [5.74, 6) is 0.0824. The number of hydrogen-bond acceptors (Lipinski definition) is 3. The van der Waals surface area contributed by atoms with Gasteiger partial charge in [-0.1, -0.05) is 18.2 Å². The fraction of sp³-hybridized carbons (Fsp3) is 0.286. The number of benzene rings is 1. The van der Waals surface area contributed by atoms with Gasteiger partial charge in [-0.15, -0.1) is 0 Å². The number of carbonyl (C=O) groups is 2. The second kappa shape index (κ2) is 7.23. The molecule has 1 fully saturated rings. The standard InChI is InChI=1S/C21H22N4O2/c1-15-18(17-6-2-3-7-19(17)23-15)13-20(26)24-9-11-25(12-10-24)21(27)16-5-4-8-22-14-16/h2-8,14,23H,9-13H2,1H3. The summed E-state index contributed by atoms with van der Waals surface area (Å²) in [4.78, 5) is 36.3. The monoisotopic (exact) mass is 362 g/mol. The number of carbonyl (C=O) groups excluding carboxylic acids is 2. The van der Waals surface area contributed by atoms with Gasteiger partial charge in [0, 0.05) is 55.2 Å². The van der Waals surface area contributed by atoms with E-state index in [1.165, 1.54) is 0 Å². The number of fused-ring (bicyclic) bond motifs is 1. The molecule has 0 bridgehead atoms. The van der Waals surface area contributed by atoms with Crippen molar-refractivity contribution in [1.82, 2.24) is 19.8 Å². The molecule has 1 N–H and O–H groups in total. The van der Waals surface area contributed by atoms with Crippen LogP contribution >= 0.6 is 0 Å². The van der Waals surface area contributed by atoms with Crippen LogP contribution < -0.4 is 0 Å². The summed E-state index contributed by atoms with van der Waals surface area (Å²) in [5.41, 5.74) is 3.75. The second-order valence-corrected chi connectivity index (χ2v) is 6.87. The molecule has 4 rings (SSSR count). The van der Waals surface area contributed by atoms with E-state index in [4.69, 9.17) is 0 Å². The summed E-state index contributed by atoms with van der Waals surface area (Å²) in [7, 11) is 0. The van der Waals surface area contributed by atoms with Crippen LogP contribution in [0.1, 0.15) is 21.6 Å². The molecule has 3 aromatic rings. The van der Waals surface area contributed by atoms with E-state index in [1.54, 1.807) is 29.4 Å². The lowest BCUT2D eigenvalue weighted by Crippen LogP contribution is -2.51. The molecule has 27 heavy (non-hydrogen) atoms. The topological polar surface area (TPSA) is 69.3 Å². The zero-order valence-corrected chi connectivity index (χ0v) is 15.3. The van der Waals surface area contributed by atoms with Gasteiger partial charge in [0.2, 0.25) is 5.91 Å². The number of rotatable bonds is 3. The van der Waals surface area contributed by atoms with E-state index in [2.05, 4.69) is 9.97 Å². The Bertz CT molecular complexity index is 972. The van der Waals surface area contributed by atoms with Gasteiger partial charge in [-0.25, -0.2) is 0 Å². The summed E-state index contributed by atoms with van der Waals surface area (Å²) < 4.78 is 0. The highest BCUT2D eigenvalue weighted by atomic mass is 16.2. The van der Waals surface area contributed by atoms with Gasteiger partial charge < -0.3 is 14.8 Å². The molecular formula is C21H22N4O2. The summed E-state index contributed by atoms with van der Waals surface area (Å²) in [6.45, 7) is 4.23. The van der Waals surface area contributed by atoms with Crippen molar-refractivity contribution in [3.63, 3.8) is 0 Å². The van der Waals surface area contributed by atoms with Crippen molar-refractivity contribution >= 4 is 22.7 Å². The first kappa shape index (κ1) is 17.3. The van der Waals surface area contributed by atoms with Crippen LogP contribution in [0.5, 0.6) is 0 Å². The van der Waals surface area contributed by atoms with Gasteiger partial charge in [0.1, 0.15) is 0 Å². The third kappa shape index (κ3) is 3.43. The highest BCUT2D eigenvalue weighted by molar-refractivity contribution is 5.94. The molecule has 0 spiro atoms. The van der Waals surface area contributed by atoms with Crippen LogP contribution in [0.2, 0.25) is 0 Å². The molecule has 1 aromatic carbocycles. The molecule has 2 aromatic heterocycles. The molecule has 1 aliphatic heterocycles. The van der Waals surface area contributed by atoms with E-state index in [-0.39, 0.29) is 11.8 Å². The number of aryl methyl sites for hydroxylation is 1. The zero-order chi connectivity index (χ0) is 18.8. The third-order valence-corrected chi connectivity index (χ3v) is 5.18. The highest BCUT2D eigenvalue weighted by Crippen LogP contribution is 2.23. The Labute approximate surface area is 157 Å². The second-order valence-electron chi connectivity index (χ2n) is 6.87. The molecule has 0 unspecified atom stereocenters. The highest BCUT2D eigenvalue weighted by Gasteiger charge is 2.25.